The van der Waals surface area contributed by atoms with Gasteiger partial charge in [0.05, 0.1) is 5.69 Å². The Labute approximate surface area is 384 Å². The molecular formula is C64H43NO. The Balaban J connectivity index is 0.994. The van der Waals surface area contributed by atoms with Crippen LogP contribution in [0, 0.1) is 0 Å². The van der Waals surface area contributed by atoms with Gasteiger partial charge >= 0.3 is 0 Å². The maximum Gasteiger partial charge on any atom is 0.159 e. The van der Waals surface area contributed by atoms with Crippen LogP contribution in [0.3, 0.4) is 0 Å². The minimum atomic E-state index is 0.842. The third-order valence-electron chi connectivity index (χ3n) is 12.9. The molecule has 66 heavy (non-hydrogen) atoms. The Morgan fingerprint density at radius 2 is 0.667 bits per heavy atom. The van der Waals surface area contributed by atoms with Crippen LogP contribution in [0.1, 0.15) is 0 Å². The van der Waals surface area contributed by atoms with E-state index in [9.17, 15) is 0 Å². The second kappa shape index (κ2) is 16.8. The van der Waals surface area contributed by atoms with Crippen LogP contribution in [0.4, 0.5) is 17.1 Å². The van der Waals surface area contributed by atoms with Gasteiger partial charge in [0.15, 0.2) is 5.58 Å². The van der Waals surface area contributed by atoms with Crippen molar-refractivity contribution in [2.45, 2.75) is 0 Å². The van der Waals surface area contributed by atoms with Crippen molar-refractivity contribution in [3.8, 4) is 66.8 Å². The Bertz CT molecular complexity index is 3660. The Hall–Kier alpha value is -8.72. The Morgan fingerprint density at radius 1 is 0.258 bits per heavy atom. The average Bonchev–Trinajstić information content (AvgIpc) is 3.79. The average molecular weight is 842 g/mol. The molecular weight excluding hydrogens is 799 g/mol. The molecule has 0 atom stereocenters. The lowest BCUT2D eigenvalue weighted by Gasteiger charge is -2.26. The standard InChI is InChI=1S/C64H43NO/c1-4-17-44(18-5-1)50-25-12-26-51(43-50)55-28-11-10-27-54(55)47-35-39-52(40-36-47)65(61-34-16-33-60-59-32-15-31-58(63(59)66-64(60)61)46-21-8-3-9-22-46)53-41-37-48(38-42-53)57-30-14-24-49-23-13-29-56(62(49)57)45-19-6-2-7-20-45/h1-43H. The molecule has 12 aromatic rings. The normalized spacial score (nSPS) is 11.3. The summed E-state index contributed by atoms with van der Waals surface area (Å²) in [5.74, 6) is 0. The highest BCUT2D eigenvalue weighted by atomic mass is 16.3. The first-order valence-corrected chi connectivity index (χ1v) is 22.6. The molecule has 1 aromatic heterocycles. The molecule has 2 heteroatoms. The molecule has 0 aliphatic rings. The largest absolute Gasteiger partial charge is 0.453 e. The highest BCUT2D eigenvalue weighted by molar-refractivity contribution is 6.14. The first-order valence-electron chi connectivity index (χ1n) is 22.6. The van der Waals surface area contributed by atoms with Crippen LogP contribution in [-0.4, -0.2) is 0 Å². The molecule has 12 rings (SSSR count). The smallest absolute Gasteiger partial charge is 0.159 e. The lowest BCUT2D eigenvalue weighted by atomic mass is 9.91. The first-order chi connectivity index (χ1) is 32.7. The van der Waals surface area contributed by atoms with E-state index >= 15 is 0 Å². The van der Waals surface area contributed by atoms with Gasteiger partial charge in [-0.25, -0.2) is 0 Å². The molecule has 0 radical (unpaired) electrons. The monoisotopic (exact) mass is 841 g/mol. The Morgan fingerprint density at radius 3 is 1.29 bits per heavy atom. The van der Waals surface area contributed by atoms with Crippen molar-refractivity contribution < 1.29 is 4.42 Å². The number of hydrogen-bond donors (Lipinski definition) is 0. The number of para-hydroxylation sites is 2. The third kappa shape index (κ3) is 7.02. The van der Waals surface area contributed by atoms with Gasteiger partial charge in [-0.05, 0) is 108 Å². The van der Waals surface area contributed by atoms with Crippen LogP contribution < -0.4 is 4.90 Å². The van der Waals surface area contributed by atoms with E-state index < -0.39 is 0 Å². The number of hydrogen-bond acceptors (Lipinski definition) is 2. The van der Waals surface area contributed by atoms with Gasteiger partial charge in [-0.3, -0.25) is 0 Å². The molecule has 0 bridgehead atoms. The molecule has 0 aliphatic heterocycles. The summed E-state index contributed by atoms with van der Waals surface area (Å²) in [7, 11) is 0. The fourth-order valence-corrected chi connectivity index (χ4v) is 9.76. The summed E-state index contributed by atoms with van der Waals surface area (Å²) < 4.78 is 7.05. The van der Waals surface area contributed by atoms with Crippen LogP contribution in [0.2, 0.25) is 0 Å². The van der Waals surface area contributed by atoms with Gasteiger partial charge in [0, 0.05) is 27.7 Å². The van der Waals surface area contributed by atoms with E-state index in [1.165, 1.54) is 55.3 Å². The van der Waals surface area contributed by atoms with Gasteiger partial charge in [0.2, 0.25) is 0 Å². The molecule has 310 valence electrons. The second-order valence-electron chi connectivity index (χ2n) is 16.8. The van der Waals surface area contributed by atoms with Crippen LogP contribution in [-0.2, 0) is 0 Å². The van der Waals surface area contributed by atoms with E-state index in [1.807, 2.05) is 0 Å². The quantitative estimate of drug-likeness (QED) is 0.144. The molecule has 0 amide bonds. The summed E-state index contributed by atoms with van der Waals surface area (Å²) in [6.07, 6.45) is 0. The zero-order valence-corrected chi connectivity index (χ0v) is 36.2. The molecule has 2 nitrogen and oxygen atoms in total. The molecule has 0 unspecified atom stereocenters. The van der Waals surface area contributed by atoms with Crippen molar-refractivity contribution in [2.75, 3.05) is 4.90 Å². The number of benzene rings is 11. The van der Waals surface area contributed by atoms with E-state index in [-0.39, 0.29) is 0 Å². The Kier molecular flexibility index (Phi) is 9.89. The van der Waals surface area contributed by atoms with Crippen LogP contribution in [0.5, 0.6) is 0 Å². The SMILES string of the molecule is c1ccc(-c2cccc(-c3ccccc3-c3ccc(N(c4ccc(-c5cccc6cccc(-c7ccccc7)c56)cc4)c4cccc5c4oc4c(-c6ccccc6)cccc45)cc3)c2)cc1. The van der Waals surface area contributed by atoms with E-state index in [2.05, 4.69) is 266 Å². The summed E-state index contributed by atoms with van der Waals surface area (Å²) in [4.78, 5) is 2.34. The van der Waals surface area contributed by atoms with Gasteiger partial charge in [-0.15, -0.1) is 0 Å². The highest BCUT2D eigenvalue weighted by Gasteiger charge is 2.22. The second-order valence-corrected chi connectivity index (χ2v) is 16.8. The topological polar surface area (TPSA) is 16.4 Å². The number of nitrogens with zero attached hydrogens (tertiary/aromatic N) is 1. The number of furan rings is 1. The lowest BCUT2D eigenvalue weighted by molar-refractivity contribution is 0.670. The van der Waals surface area contributed by atoms with Gasteiger partial charge in [0.1, 0.15) is 5.58 Å². The van der Waals surface area contributed by atoms with Crippen LogP contribution in [0.25, 0.3) is 99.5 Å². The molecule has 1 heterocycles. The predicted molar refractivity (Wildman–Crippen MR) is 279 cm³/mol. The van der Waals surface area contributed by atoms with E-state index in [1.54, 1.807) is 0 Å². The van der Waals surface area contributed by atoms with Crippen LogP contribution in [0.15, 0.2) is 265 Å². The zero-order valence-electron chi connectivity index (χ0n) is 36.2. The summed E-state index contributed by atoms with van der Waals surface area (Å²) in [5, 5.41) is 4.64. The van der Waals surface area contributed by atoms with E-state index in [0.717, 1.165) is 61.3 Å². The highest BCUT2D eigenvalue weighted by Crippen LogP contribution is 2.46. The number of rotatable bonds is 9. The summed E-state index contributed by atoms with van der Waals surface area (Å²) in [6.45, 7) is 0. The van der Waals surface area contributed by atoms with Gasteiger partial charge in [-0.1, -0.05) is 224 Å². The van der Waals surface area contributed by atoms with E-state index in [0.29, 0.717) is 0 Å². The van der Waals surface area contributed by atoms with Crippen molar-refractivity contribution in [1.82, 2.24) is 0 Å². The fourth-order valence-electron chi connectivity index (χ4n) is 9.76. The molecule has 11 aromatic carbocycles. The van der Waals surface area contributed by atoms with Gasteiger partial charge in [0.25, 0.3) is 0 Å². The van der Waals surface area contributed by atoms with Gasteiger partial charge in [-0.2, -0.15) is 0 Å². The molecule has 0 fully saturated rings. The molecule has 0 saturated carbocycles. The molecule has 0 N–H and O–H groups in total. The van der Waals surface area contributed by atoms with Crippen molar-refractivity contribution >= 4 is 49.8 Å². The summed E-state index contributed by atoms with van der Waals surface area (Å²) in [5.41, 5.74) is 18.9. The van der Waals surface area contributed by atoms with Gasteiger partial charge < -0.3 is 9.32 Å². The molecule has 0 spiro atoms. The maximum atomic E-state index is 7.05. The number of anilines is 3. The maximum absolute atomic E-state index is 7.05. The van der Waals surface area contributed by atoms with Crippen molar-refractivity contribution in [1.29, 1.82) is 0 Å². The van der Waals surface area contributed by atoms with Crippen molar-refractivity contribution in [3.63, 3.8) is 0 Å². The zero-order chi connectivity index (χ0) is 43.8. The van der Waals surface area contributed by atoms with Crippen LogP contribution >= 0.6 is 0 Å². The molecule has 0 aliphatic carbocycles. The van der Waals surface area contributed by atoms with Crippen molar-refractivity contribution in [3.05, 3.63) is 261 Å². The minimum absolute atomic E-state index is 0.842. The predicted octanol–water partition coefficient (Wildman–Crippen LogP) is 18.2. The first kappa shape index (κ1) is 38.9. The fraction of sp³-hybridized carbons (Fsp3) is 0. The third-order valence-corrected chi connectivity index (χ3v) is 12.9. The van der Waals surface area contributed by atoms with E-state index in [4.69, 9.17) is 4.42 Å². The lowest BCUT2D eigenvalue weighted by Crippen LogP contribution is -2.10. The summed E-state index contributed by atoms with van der Waals surface area (Å²) in [6, 6.07) is 93.6. The van der Waals surface area contributed by atoms with Crippen molar-refractivity contribution in [2.24, 2.45) is 0 Å². The molecule has 0 saturated heterocycles. The summed E-state index contributed by atoms with van der Waals surface area (Å²) >= 11 is 0. The minimum Gasteiger partial charge on any atom is -0.453 e. The number of fused-ring (bicyclic) bond motifs is 4.